The second-order valence-corrected chi connectivity index (χ2v) is 4.59. The Morgan fingerprint density at radius 2 is 2.07 bits per heavy atom. The first-order valence-corrected chi connectivity index (χ1v) is 5.57. The minimum Gasteiger partial charge on any atom is -0.296 e. The highest BCUT2D eigenvalue weighted by Crippen LogP contribution is 2.45. The summed E-state index contributed by atoms with van der Waals surface area (Å²) in [6.45, 7) is 1.85. The van der Waals surface area contributed by atoms with Crippen LogP contribution in [0, 0.1) is 6.92 Å². The Labute approximate surface area is 83.0 Å². The molecule has 1 N–H and O–H groups in total. The van der Waals surface area contributed by atoms with E-state index in [1.165, 1.54) is 14.2 Å². The number of aryl methyl sites for hydroxylation is 1. The van der Waals surface area contributed by atoms with E-state index in [2.05, 4.69) is 10.1 Å². The number of nitrogens with one attached hydrogen (secondary N) is 1. The van der Waals surface area contributed by atoms with Gasteiger partial charge in [0, 0.05) is 20.4 Å². The lowest BCUT2D eigenvalue weighted by Crippen LogP contribution is -2.03. The number of aromatic nitrogens is 1. The summed E-state index contributed by atoms with van der Waals surface area (Å²) in [5.41, 5.74) is 0.877. The Morgan fingerprint density at radius 3 is 2.57 bits per heavy atom. The molecule has 78 valence electrons. The van der Waals surface area contributed by atoms with Gasteiger partial charge in [-0.15, -0.1) is 0 Å². The Kier molecular flexibility index (Phi) is 3.63. The van der Waals surface area contributed by atoms with Crippen LogP contribution in [-0.2, 0) is 13.6 Å². The number of rotatable bonds is 4. The van der Waals surface area contributed by atoms with Crippen LogP contribution < -0.4 is 5.09 Å². The lowest BCUT2D eigenvalue weighted by molar-refractivity contribution is 0.281. The van der Waals surface area contributed by atoms with E-state index in [1.807, 2.05) is 13.0 Å². The fraction of sp³-hybridized carbons (Fsp3) is 0.375. The van der Waals surface area contributed by atoms with Gasteiger partial charge < -0.3 is 0 Å². The van der Waals surface area contributed by atoms with Gasteiger partial charge in [-0.05, 0) is 18.6 Å². The molecule has 0 unspecified atom stereocenters. The van der Waals surface area contributed by atoms with Crippen LogP contribution in [0.5, 0.6) is 0 Å². The van der Waals surface area contributed by atoms with Crippen LogP contribution in [0.1, 0.15) is 5.56 Å². The second kappa shape index (κ2) is 4.55. The highest BCUT2D eigenvalue weighted by atomic mass is 31.2. The quantitative estimate of drug-likeness (QED) is 0.782. The maximum absolute atomic E-state index is 11.7. The summed E-state index contributed by atoms with van der Waals surface area (Å²) >= 11 is 0. The summed E-state index contributed by atoms with van der Waals surface area (Å²) in [5, 5.41) is 2.62. The third kappa shape index (κ3) is 2.54. The van der Waals surface area contributed by atoms with E-state index < -0.39 is 7.75 Å². The minimum absolute atomic E-state index is 0.500. The van der Waals surface area contributed by atoms with Gasteiger partial charge in [0.1, 0.15) is 5.82 Å². The van der Waals surface area contributed by atoms with Gasteiger partial charge >= 0.3 is 7.75 Å². The van der Waals surface area contributed by atoms with E-state index in [-0.39, 0.29) is 0 Å². The Bertz CT molecular complexity index is 348. The summed E-state index contributed by atoms with van der Waals surface area (Å²) in [5.74, 6) is 0.500. The second-order valence-electron chi connectivity index (χ2n) is 2.64. The maximum atomic E-state index is 11.7. The first-order chi connectivity index (χ1) is 6.61. The summed E-state index contributed by atoms with van der Waals surface area (Å²) in [4.78, 5) is 4.02. The van der Waals surface area contributed by atoms with Crippen molar-refractivity contribution >= 4 is 13.6 Å². The molecule has 0 saturated carbocycles. The predicted octanol–water partition coefficient (Wildman–Crippen LogP) is 2.20. The van der Waals surface area contributed by atoms with Gasteiger partial charge in [-0.25, -0.2) is 9.55 Å². The monoisotopic (exact) mass is 216 g/mol. The van der Waals surface area contributed by atoms with E-state index in [0.29, 0.717) is 5.82 Å². The van der Waals surface area contributed by atoms with E-state index >= 15 is 0 Å². The fourth-order valence-electron chi connectivity index (χ4n) is 0.898. The van der Waals surface area contributed by atoms with E-state index in [0.717, 1.165) is 5.56 Å². The molecule has 0 aromatic carbocycles. The van der Waals surface area contributed by atoms with Gasteiger partial charge in [-0.1, -0.05) is 6.07 Å². The SMILES string of the molecule is COP(=O)(Nc1ncccc1C)OC. The van der Waals surface area contributed by atoms with Gasteiger partial charge in [0.2, 0.25) is 0 Å². The Morgan fingerprint density at radius 1 is 1.43 bits per heavy atom. The molecule has 1 rings (SSSR count). The van der Waals surface area contributed by atoms with Crippen molar-refractivity contribution in [3.05, 3.63) is 23.9 Å². The van der Waals surface area contributed by atoms with Crippen LogP contribution >= 0.6 is 7.75 Å². The molecule has 1 heterocycles. The van der Waals surface area contributed by atoms with Gasteiger partial charge in [0.25, 0.3) is 0 Å². The molecule has 0 fully saturated rings. The highest BCUT2D eigenvalue weighted by Gasteiger charge is 2.21. The van der Waals surface area contributed by atoms with Gasteiger partial charge in [-0.2, -0.15) is 0 Å². The molecule has 6 heteroatoms. The van der Waals surface area contributed by atoms with Crippen LogP contribution in [0.15, 0.2) is 18.3 Å². The van der Waals surface area contributed by atoms with Crippen LogP contribution in [0.3, 0.4) is 0 Å². The zero-order valence-corrected chi connectivity index (χ0v) is 9.25. The lowest BCUT2D eigenvalue weighted by Gasteiger charge is -2.15. The summed E-state index contributed by atoms with van der Waals surface area (Å²) in [7, 11) is -0.612. The Hall–Kier alpha value is -0.900. The van der Waals surface area contributed by atoms with Gasteiger partial charge in [0.05, 0.1) is 0 Å². The van der Waals surface area contributed by atoms with Crippen LogP contribution in [-0.4, -0.2) is 19.2 Å². The van der Waals surface area contributed by atoms with Crippen molar-refractivity contribution in [3.8, 4) is 0 Å². The molecule has 0 aliphatic carbocycles. The molecule has 0 aliphatic rings. The summed E-state index contributed by atoms with van der Waals surface area (Å²) < 4.78 is 21.1. The van der Waals surface area contributed by atoms with Crippen molar-refractivity contribution in [2.75, 3.05) is 19.3 Å². The molecule has 0 saturated heterocycles. The molecular weight excluding hydrogens is 203 g/mol. The zero-order chi connectivity index (χ0) is 10.6. The molecule has 14 heavy (non-hydrogen) atoms. The van der Waals surface area contributed by atoms with Gasteiger partial charge in [0.15, 0.2) is 0 Å². The molecular formula is C8H13N2O3P. The van der Waals surface area contributed by atoms with Crippen molar-refractivity contribution in [2.24, 2.45) is 0 Å². The van der Waals surface area contributed by atoms with Gasteiger partial charge in [-0.3, -0.25) is 14.1 Å². The summed E-state index contributed by atoms with van der Waals surface area (Å²) in [6, 6.07) is 3.65. The molecule has 1 aromatic heterocycles. The number of hydrogen-bond acceptors (Lipinski definition) is 4. The number of nitrogens with zero attached hydrogens (tertiary/aromatic N) is 1. The number of anilines is 1. The van der Waals surface area contributed by atoms with Crippen molar-refractivity contribution < 1.29 is 13.6 Å². The van der Waals surface area contributed by atoms with Crippen LogP contribution in [0.2, 0.25) is 0 Å². The smallest absolute Gasteiger partial charge is 0.296 e. The van der Waals surface area contributed by atoms with Crippen molar-refractivity contribution in [1.29, 1.82) is 0 Å². The lowest BCUT2D eigenvalue weighted by atomic mass is 10.3. The first kappa shape index (κ1) is 11.2. The van der Waals surface area contributed by atoms with E-state index in [4.69, 9.17) is 9.05 Å². The fourth-order valence-corrected chi connectivity index (χ4v) is 1.72. The van der Waals surface area contributed by atoms with E-state index in [9.17, 15) is 4.57 Å². The topological polar surface area (TPSA) is 60.5 Å². The van der Waals surface area contributed by atoms with Crippen molar-refractivity contribution in [3.63, 3.8) is 0 Å². The molecule has 0 bridgehead atoms. The van der Waals surface area contributed by atoms with Crippen LogP contribution in [0.4, 0.5) is 5.82 Å². The zero-order valence-electron chi connectivity index (χ0n) is 8.35. The predicted molar refractivity (Wildman–Crippen MR) is 54.2 cm³/mol. The molecule has 0 spiro atoms. The molecule has 0 radical (unpaired) electrons. The summed E-state index contributed by atoms with van der Waals surface area (Å²) in [6.07, 6.45) is 1.60. The molecule has 0 amide bonds. The standard InChI is InChI=1S/C8H13N2O3P/c1-7-5-4-6-9-8(7)10-14(11,12-2)13-3/h4-6H,1-3H3,(H,9,10,11). The normalized spacial score (nSPS) is 11.4. The van der Waals surface area contributed by atoms with Crippen molar-refractivity contribution in [2.45, 2.75) is 6.92 Å². The third-order valence-corrected chi connectivity index (χ3v) is 3.18. The highest BCUT2D eigenvalue weighted by molar-refractivity contribution is 7.55. The number of hydrogen-bond donors (Lipinski definition) is 1. The largest absolute Gasteiger partial charge is 0.433 e. The molecule has 0 aliphatic heterocycles. The van der Waals surface area contributed by atoms with Crippen molar-refractivity contribution in [1.82, 2.24) is 4.98 Å². The first-order valence-electron chi connectivity index (χ1n) is 4.02. The van der Waals surface area contributed by atoms with E-state index in [1.54, 1.807) is 12.3 Å². The number of pyridine rings is 1. The molecule has 1 aromatic rings. The molecule has 0 atom stereocenters. The average molecular weight is 216 g/mol. The Balaban J connectivity index is 2.88. The molecule has 5 nitrogen and oxygen atoms in total. The average Bonchev–Trinajstić information content (AvgIpc) is 2.21. The minimum atomic E-state index is -3.24. The third-order valence-electron chi connectivity index (χ3n) is 1.73. The van der Waals surface area contributed by atoms with Crippen LogP contribution in [0.25, 0.3) is 0 Å². The maximum Gasteiger partial charge on any atom is 0.433 e.